The number of nitrogens with zero attached hydrogens (tertiary/aromatic N) is 2. The lowest BCUT2D eigenvalue weighted by molar-refractivity contribution is 0.577. The lowest BCUT2D eigenvalue weighted by atomic mass is 10.1. The van der Waals surface area contributed by atoms with Crippen molar-refractivity contribution in [3.8, 4) is 0 Å². The molecule has 0 saturated heterocycles. The first-order valence-electron chi connectivity index (χ1n) is 5.79. The van der Waals surface area contributed by atoms with Crippen LogP contribution in [0.5, 0.6) is 0 Å². The van der Waals surface area contributed by atoms with Crippen molar-refractivity contribution in [1.29, 1.82) is 0 Å². The van der Waals surface area contributed by atoms with Gasteiger partial charge in [-0.15, -0.1) is 11.3 Å². The van der Waals surface area contributed by atoms with E-state index in [0.29, 0.717) is 6.04 Å². The molecule has 2 rings (SSSR count). The number of hydrogen-bond acceptors (Lipinski definition) is 4. The van der Waals surface area contributed by atoms with Gasteiger partial charge in [-0.25, -0.2) is 4.98 Å². The second-order valence-electron chi connectivity index (χ2n) is 4.07. The van der Waals surface area contributed by atoms with Gasteiger partial charge in [0.25, 0.3) is 0 Å². The smallest absolute Gasteiger partial charge is 0.0797 e. The van der Waals surface area contributed by atoms with E-state index in [-0.39, 0.29) is 0 Å². The Bertz CT molecular complexity index is 453. The second-order valence-corrected chi connectivity index (χ2v) is 5.01. The van der Waals surface area contributed by atoms with Crippen LogP contribution in [0.2, 0.25) is 0 Å². The Morgan fingerprint density at radius 2 is 2.12 bits per heavy atom. The first kappa shape index (κ1) is 12.2. The summed E-state index contributed by atoms with van der Waals surface area (Å²) >= 11 is 1.74. The number of pyridine rings is 1. The van der Waals surface area contributed by atoms with Crippen molar-refractivity contribution in [3.63, 3.8) is 0 Å². The minimum absolute atomic E-state index is 0.367. The van der Waals surface area contributed by atoms with Crippen molar-refractivity contribution >= 4 is 11.3 Å². The fourth-order valence-electron chi connectivity index (χ4n) is 1.74. The molecule has 0 fully saturated rings. The van der Waals surface area contributed by atoms with E-state index >= 15 is 0 Å². The molecule has 0 bridgehead atoms. The van der Waals surface area contributed by atoms with Crippen molar-refractivity contribution in [1.82, 2.24) is 15.3 Å². The van der Waals surface area contributed by atoms with Gasteiger partial charge in [-0.05, 0) is 38.0 Å². The van der Waals surface area contributed by atoms with E-state index in [1.165, 1.54) is 10.4 Å². The van der Waals surface area contributed by atoms with Gasteiger partial charge in [0.1, 0.15) is 0 Å². The number of aromatic nitrogens is 2. The number of aryl methyl sites for hydroxylation is 1. The number of nitrogens with one attached hydrogen (secondary N) is 1. The molecule has 2 aromatic heterocycles. The first-order valence-corrected chi connectivity index (χ1v) is 6.67. The third kappa shape index (κ3) is 3.35. The van der Waals surface area contributed by atoms with Gasteiger partial charge >= 0.3 is 0 Å². The molecule has 0 aliphatic rings. The maximum absolute atomic E-state index is 4.26. The maximum atomic E-state index is 4.26. The zero-order valence-electron chi connectivity index (χ0n) is 10.2. The molecule has 2 aromatic rings. The van der Waals surface area contributed by atoms with Crippen LogP contribution in [0, 0.1) is 6.92 Å². The van der Waals surface area contributed by atoms with Gasteiger partial charge in [0, 0.05) is 29.9 Å². The molecule has 0 aliphatic heterocycles. The molecule has 1 N–H and O–H groups in total. The van der Waals surface area contributed by atoms with E-state index in [4.69, 9.17) is 0 Å². The van der Waals surface area contributed by atoms with Gasteiger partial charge in [-0.2, -0.15) is 0 Å². The first-order chi connectivity index (χ1) is 8.27. The molecule has 17 heavy (non-hydrogen) atoms. The highest BCUT2D eigenvalue weighted by Crippen LogP contribution is 2.14. The van der Waals surface area contributed by atoms with Gasteiger partial charge in [0.15, 0.2) is 0 Å². The Balaban J connectivity index is 1.81. The molecule has 0 aliphatic carbocycles. The highest BCUT2D eigenvalue weighted by atomic mass is 32.1. The summed E-state index contributed by atoms with van der Waals surface area (Å²) in [6, 6.07) is 4.47. The minimum atomic E-state index is 0.367. The van der Waals surface area contributed by atoms with Crippen LogP contribution in [0.3, 0.4) is 0 Å². The summed E-state index contributed by atoms with van der Waals surface area (Å²) in [5.74, 6) is 0. The average molecular weight is 247 g/mol. The van der Waals surface area contributed by atoms with Gasteiger partial charge in [0.2, 0.25) is 0 Å². The van der Waals surface area contributed by atoms with Crippen molar-refractivity contribution in [3.05, 3.63) is 46.2 Å². The predicted molar refractivity (Wildman–Crippen MR) is 71.2 cm³/mol. The van der Waals surface area contributed by atoms with E-state index in [0.717, 1.165) is 18.7 Å². The molecule has 0 aromatic carbocycles. The molecule has 0 amide bonds. The second kappa shape index (κ2) is 5.89. The number of hydrogen-bond donors (Lipinski definition) is 1. The summed E-state index contributed by atoms with van der Waals surface area (Å²) in [4.78, 5) is 9.66. The van der Waals surface area contributed by atoms with Crippen molar-refractivity contribution in [2.24, 2.45) is 0 Å². The monoisotopic (exact) mass is 247 g/mol. The Morgan fingerprint density at radius 1 is 1.35 bits per heavy atom. The molecule has 2 heterocycles. The van der Waals surface area contributed by atoms with Gasteiger partial charge in [0.05, 0.1) is 11.2 Å². The van der Waals surface area contributed by atoms with E-state index < -0.39 is 0 Å². The lowest BCUT2D eigenvalue weighted by Gasteiger charge is -2.13. The van der Waals surface area contributed by atoms with Gasteiger partial charge < -0.3 is 5.32 Å². The van der Waals surface area contributed by atoms with E-state index in [9.17, 15) is 0 Å². The van der Waals surface area contributed by atoms with Crippen LogP contribution in [0.25, 0.3) is 0 Å². The van der Waals surface area contributed by atoms with Crippen LogP contribution in [-0.2, 0) is 6.42 Å². The summed E-state index contributed by atoms with van der Waals surface area (Å²) < 4.78 is 0. The summed E-state index contributed by atoms with van der Waals surface area (Å²) in [7, 11) is 0. The molecule has 0 saturated carbocycles. The zero-order valence-corrected chi connectivity index (χ0v) is 11.0. The standard InChI is InChI=1S/C13H17N3S/c1-10(12-3-6-14-7-4-12)15-8-5-13-11(2)16-9-17-13/h3-4,6-7,9-10,15H,5,8H2,1-2H3. The summed E-state index contributed by atoms with van der Waals surface area (Å²) in [6.07, 6.45) is 4.72. The van der Waals surface area contributed by atoms with Crippen LogP contribution in [-0.4, -0.2) is 16.5 Å². The fraction of sp³-hybridized carbons (Fsp3) is 0.385. The summed E-state index contributed by atoms with van der Waals surface area (Å²) in [5.41, 5.74) is 4.35. The third-order valence-electron chi connectivity index (χ3n) is 2.85. The molecule has 0 radical (unpaired) electrons. The molecule has 4 heteroatoms. The Morgan fingerprint density at radius 3 is 2.76 bits per heavy atom. The summed E-state index contributed by atoms with van der Waals surface area (Å²) in [6.45, 7) is 5.22. The van der Waals surface area contributed by atoms with Crippen LogP contribution in [0.4, 0.5) is 0 Å². The fourth-order valence-corrected chi connectivity index (χ4v) is 2.52. The molecule has 1 atom stereocenters. The Kier molecular flexibility index (Phi) is 4.23. The largest absolute Gasteiger partial charge is 0.310 e. The number of thiazole rings is 1. The van der Waals surface area contributed by atoms with Gasteiger partial charge in [-0.1, -0.05) is 0 Å². The normalized spacial score (nSPS) is 12.6. The molecule has 1 unspecified atom stereocenters. The van der Waals surface area contributed by atoms with Crippen LogP contribution in [0.1, 0.15) is 29.1 Å². The molecule has 90 valence electrons. The van der Waals surface area contributed by atoms with Crippen molar-refractivity contribution < 1.29 is 0 Å². The zero-order chi connectivity index (χ0) is 12.1. The summed E-state index contributed by atoms with van der Waals surface area (Å²) in [5, 5.41) is 3.52. The SMILES string of the molecule is Cc1ncsc1CCNC(C)c1ccncc1. The molecule has 3 nitrogen and oxygen atoms in total. The molecular weight excluding hydrogens is 230 g/mol. The molecular formula is C13H17N3S. The third-order valence-corrected chi connectivity index (χ3v) is 3.85. The van der Waals surface area contributed by atoms with Crippen molar-refractivity contribution in [2.45, 2.75) is 26.3 Å². The van der Waals surface area contributed by atoms with Crippen molar-refractivity contribution in [2.75, 3.05) is 6.54 Å². The predicted octanol–water partition coefficient (Wildman–Crippen LogP) is 2.74. The minimum Gasteiger partial charge on any atom is -0.310 e. The quantitative estimate of drug-likeness (QED) is 0.883. The topological polar surface area (TPSA) is 37.8 Å². The lowest BCUT2D eigenvalue weighted by Crippen LogP contribution is -2.21. The molecule has 0 spiro atoms. The highest BCUT2D eigenvalue weighted by Gasteiger charge is 2.05. The number of rotatable bonds is 5. The van der Waals surface area contributed by atoms with Crippen LogP contribution in [0.15, 0.2) is 30.0 Å². The van der Waals surface area contributed by atoms with E-state index in [1.54, 1.807) is 11.3 Å². The van der Waals surface area contributed by atoms with Crippen LogP contribution < -0.4 is 5.32 Å². The van der Waals surface area contributed by atoms with E-state index in [1.807, 2.05) is 17.9 Å². The maximum Gasteiger partial charge on any atom is 0.0797 e. The Labute approximate surface area is 106 Å². The highest BCUT2D eigenvalue weighted by molar-refractivity contribution is 7.09. The van der Waals surface area contributed by atoms with Gasteiger partial charge in [-0.3, -0.25) is 4.98 Å². The Hall–Kier alpha value is -1.26. The van der Waals surface area contributed by atoms with Crippen LogP contribution >= 0.6 is 11.3 Å². The van der Waals surface area contributed by atoms with E-state index in [2.05, 4.69) is 41.3 Å². The average Bonchev–Trinajstić information content (AvgIpc) is 2.76.